The van der Waals surface area contributed by atoms with Crippen LogP contribution in [0.1, 0.15) is 34.6 Å². The lowest BCUT2D eigenvalue weighted by Crippen LogP contribution is -2.44. The predicted octanol–water partition coefficient (Wildman–Crippen LogP) is 2.86. The van der Waals surface area contributed by atoms with Crippen LogP contribution in [0, 0.1) is 5.82 Å². The van der Waals surface area contributed by atoms with Gasteiger partial charge in [0, 0.05) is 0 Å². The summed E-state index contributed by atoms with van der Waals surface area (Å²) < 4.78 is 24.5. The molecule has 3 rings (SSSR count). The average molecular weight is 371 g/mol. The van der Waals surface area contributed by atoms with Crippen molar-refractivity contribution in [1.29, 1.82) is 0 Å². The summed E-state index contributed by atoms with van der Waals surface area (Å²) in [6, 6.07) is 9.99. The summed E-state index contributed by atoms with van der Waals surface area (Å²) in [7, 11) is 0. The molecule has 0 saturated heterocycles. The van der Waals surface area contributed by atoms with E-state index in [0.29, 0.717) is 0 Å². The van der Waals surface area contributed by atoms with Gasteiger partial charge in [-0.25, -0.2) is 4.39 Å². The molecule has 0 spiro atoms. The molecular weight excluding hydrogens is 353 g/mol. The average Bonchev–Trinajstić information content (AvgIpc) is 2.74. The topological polar surface area (TPSA) is 72.9 Å². The molecule has 0 saturated carbocycles. The maximum absolute atomic E-state index is 13.6. The minimum atomic E-state index is -0.940. The fourth-order valence-corrected chi connectivity index (χ4v) is 2.83. The lowest BCUT2D eigenvalue weighted by Gasteiger charge is -2.20. The van der Waals surface area contributed by atoms with Crippen molar-refractivity contribution in [3.05, 3.63) is 59.4 Å². The van der Waals surface area contributed by atoms with Crippen LogP contribution in [0.15, 0.2) is 42.5 Å². The number of ether oxygens (including phenoxy) is 2. The first-order chi connectivity index (χ1) is 12.9. The molecule has 2 aromatic carbocycles. The molecule has 140 valence electrons. The van der Waals surface area contributed by atoms with Gasteiger partial charge in [0.1, 0.15) is 17.3 Å². The highest BCUT2D eigenvalue weighted by Gasteiger charge is 2.35. The number of hydrogen-bond acceptors (Lipinski definition) is 5. The number of rotatable bonds is 5. The highest BCUT2D eigenvalue weighted by Crippen LogP contribution is 2.26. The zero-order valence-corrected chi connectivity index (χ0v) is 14.9. The molecule has 1 unspecified atom stereocenters. The first kappa shape index (κ1) is 18.6. The van der Waals surface area contributed by atoms with Gasteiger partial charge in [0.2, 0.25) is 0 Å². The summed E-state index contributed by atoms with van der Waals surface area (Å²) in [5.41, 5.74) is 0.163. The van der Waals surface area contributed by atoms with Gasteiger partial charge in [0.05, 0.1) is 24.3 Å². The Labute approximate surface area is 155 Å². The minimum Gasteiger partial charge on any atom is -0.493 e. The molecule has 1 aliphatic rings. The number of imide groups is 1. The third-order valence-electron chi connectivity index (χ3n) is 4.12. The second-order valence-electron chi connectivity index (χ2n) is 5.98. The number of ketones is 1. The van der Waals surface area contributed by atoms with E-state index in [0.717, 1.165) is 11.0 Å². The van der Waals surface area contributed by atoms with Crippen molar-refractivity contribution in [3.8, 4) is 11.5 Å². The van der Waals surface area contributed by atoms with E-state index in [2.05, 4.69) is 0 Å². The van der Waals surface area contributed by atoms with Crippen LogP contribution in [0.25, 0.3) is 0 Å². The molecule has 0 aliphatic carbocycles. The highest BCUT2D eigenvalue weighted by molar-refractivity contribution is 6.12. The monoisotopic (exact) mass is 371 g/mol. The first-order valence-corrected chi connectivity index (χ1v) is 8.49. The maximum atomic E-state index is 13.6. The molecule has 0 N–H and O–H groups in total. The SMILES string of the molecule is CCOc1ccc(F)cc1C(=O)CN1C(=O)c2ccccc2OC(C)C1=O. The summed E-state index contributed by atoms with van der Waals surface area (Å²) >= 11 is 0. The van der Waals surface area contributed by atoms with Gasteiger partial charge in [0.15, 0.2) is 11.9 Å². The van der Waals surface area contributed by atoms with Crippen LogP contribution < -0.4 is 9.47 Å². The van der Waals surface area contributed by atoms with Crippen LogP contribution in [-0.2, 0) is 4.79 Å². The van der Waals surface area contributed by atoms with E-state index in [-0.39, 0.29) is 29.2 Å². The Bertz CT molecular complexity index is 911. The Morgan fingerprint density at radius 3 is 2.70 bits per heavy atom. The molecule has 1 atom stereocenters. The van der Waals surface area contributed by atoms with Gasteiger partial charge in [-0.2, -0.15) is 0 Å². The molecule has 7 heteroatoms. The Kier molecular flexibility index (Phi) is 5.21. The van der Waals surface area contributed by atoms with Gasteiger partial charge < -0.3 is 9.47 Å². The number of para-hydroxylation sites is 1. The normalized spacial score (nSPS) is 16.4. The molecule has 1 aliphatic heterocycles. The van der Waals surface area contributed by atoms with Crippen molar-refractivity contribution >= 4 is 17.6 Å². The number of nitrogens with zero attached hydrogens (tertiary/aromatic N) is 1. The van der Waals surface area contributed by atoms with E-state index >= 15 is 0 Å². The zero-order valence-electron chi connectivity index (χ0n) is 14.9. The Hall–Kier alpha value is -3.22. The van der Waals surface area contributed by atoms with E-state index < -0.39 is 36.1 Å². The van der Waals surface area contributed by atoms with E-state index in [1.165, 1.54) is 25.1 Å². The largest absolute Gasteiger partial charge is 0.493 e. The molecule has 0 aromatic heterocycles. The molecule has 0 radical (unpaired) electrons. The van der Waals surface area contributed by atoms with Crippen LogP contribution in [0.3, 0.4) is 0 Å². The fraction of sp³-hybridized carbons (Fsp3) is 0.250. The zero-order chi connectivity index (χ0) is 19.6. The van der Waals surface area contributed by atoms with Gasteiger partial charge >= 0.3 is 0 Å². The number of amides is 2. The van der Waals surface area contributed by atoms with E-state index in [1.54, 1.807) is 25.1 Å². The Morgan fingerprint density at radius 1 is 1.22 bits per heavy atom. The number of hydrogen-bond donors (Lipinski definition) is 0. The lowest BCUT2D eigenvalue weighted by molar-refractivity contribution is -0.134. The number of fused-ring (bicyclic) bond motifs is 1. The van der Waals surface area contributed by atoms with Crippen LogP contribution in [0.2, 0.25) is 0 Å². The van der Waals surface area contributed by atoms with Crippen molar-refractivity contribution in [3.63, 3.8) is 0 Å². The summed E-state index contributed by atoms with van der Waals surface area (Å²) in [6.07, 6.45) is -0.940. The van der Waals surface area contributed by atoms with Crippen molar-refractivity contribution in [2.24, 2.45) is 0 Å². The molecule has 0 fully saturated rings. The standard InChI is InChI=1S/C20H18FNO5/c1-3-26-17-9-8-13(21)10-15(17)16(23)11-22-19(24)12(2)27-18-7-5-4-6-14(18)20(22)25/h4-10,12H,3,11H2,1-2H3. The molecule has 2 aromatic rings. The first-order valence-electron chi connectivity index (χ1n) is 8.49. The van der Waals surface area contributed by atoms with E-state index in [9.17, 15) is 18.8 Å². The number of carbonyl (C=O) groups excluding carboxylic acids is 3. The fourth-order valence-electron chi connectivity index (χ4n) is 2.83. The molecule has 1 heterocycles. The quantitative estimate of drug-likeness (QED) is 0.597. The van der Waals surface area contributed by atoms with Crippen LogP contribution in [-0.4, -0.2) is 41.8 Å². The van der Waals surface area contributed by atoms with Gasteiger partial charge in [-0.3, -0.25) is 19.3 Å². The number of carbonyl (C=O) groups is 3. The second kappa shape index (κ2) is 7.57. The Balaban J connectivity index is 1.94. The smallest absolute Gasteiger partial charge is 0.270 e. The third kappa shape index (κ3) is 3.67. The van der Waals surface area contributed by atoms with Gasteiger partial charge in [-0.15, -0.1) is 0 Å². The van der Waals surface area contributed by atoms with E-state index in [4.69, 9.17) is 9.47 Å². The van der Waals surface area contributed by atoms with Gasteiger partial charge in [-0.05, 0) is 44.2 Å². The van der Waals surface area contributed by atoms with E-state index in [1.807, 2.05) is 0 Å². The second-order valence-corrected chi connectivity index (χ2v) is 5.98. The number of benzene rings is 2. The molecule has 27 heavy (non-hydrogen) atoms. The third-order valence-corrected chi connectivity index (χ3v) is 4.12. The lowest BCUT2D eigenvalue weighted by atomic mass is 10.1. The molecule has 0 bridgehead atoms. The highest BCUT2D eigenvalue weighted by atomic mass is 19.1. The maximum Gasteiger partial charge on any atom is 0.270 e. The van der Waals surface area contributed by atoms with Crippen molar-refractivity contribution in [2.75, 3.05) is 13.2 Å². The molecular formula is C20H18FNO5. The van der Waals surface area contributed by atoms with Crippen molar-refractivity contribution in [1.82, 2.24) is 4.90 Å². The van der Waals surface area contributed by atoms with Gasteiger partial charge in [0.25, 0.3) is 11.8 Å². The number of halogens is 1. The predicted molar refractivity (Wildman–Crippen MR) is 94.5 cm³/mol. The summed E-state index contributed by atoms with van der Waals surface area (Å²) in [5, 5.41) is 0. The molecule has 6 nitrogen and oxygen atoms in total. The van der Waals surface area contributed by atoms with Gasteiger partial charge in [-0.1, -0.05) is 12.1 Å². The molecule has 2 amide bonds. The summed E-state index contributed by atoms with van der Waals surface area (Å²) in [4.78, 5) is 39.0. The van der Waals surface area contributed by atoms with Crippen molar-refractivity contribution < 1.29 is 28.2 Å². The summed E-state index contributed by atoms with van der Waals surface area (Å²) in [5.74, 6) is -2.02. The Morgan fingerprint density at radius 2 is 1.96 bits per heavy atom. The van der Waals surface area contributed by atoms with Crippen LogP contribution >= 0.6 is 0 Å². The van der Waals surface area contributed by atoms with Crippen LogP contribution in [0.5, 0.6) is 11.5 Å². The summed E-state index contributed by atoms with van der Waals surface area (Å²) in [6.45, 7) is 2.98. The van der Waals surface area contributed by atoms with Crippen LogP contribution in [0.4, 0.5) is 4.39 Å². The minimum absolute atomic E-state index is 0.0245. The van der Waals surface area contributed by atoms with Crippen molar-refractivity contribution in [2.45, 2.75) is 20.0 Å². The number of Topliss-reactive ketones (excluding diaryl/α,β-unsaturated/α-hetero) is 1.